The van der Waals surface area contributed by atoms with Gasteiger partial charge in [0.25, 0.3) is 5.91 Å². The number of nitriles is 1. The van der Waals surface area contributed by atoms with Gasteiger partial charge in [0, 0.05) is 11.4 Å². The van der Waals surface area contributed by atoms with Crippen molar-refractivity contribution in [1.82, 2.24) is 0 Å². The van der Waals surface area contributed by atoms with Gasteiger partial charge in [0.15, 0.2) is 0 Å². The van der Waals surface area contributed by atoms with Crippen molar-refractivity contribution in [2.45, 2.75) is 6.92 Å². The van der Waals surface area contributed by atoms with Crippen LogP contribution < -0.4 is 11.1 Å². The SMILES string of the molecule is Cc1cc(N)cc(C(=O)Nc2ccc(C#N)cc2)c1F. The van der Waals surface area contributed by atoms with Crippen LogP contribution in [0.1, 0.15) is 21.5 Å². The number of carbonyl (C=O) groups is 1. The fourth-order valence-electron chi connectivity index (χ4n) is 1.79. The zero-order chi connectivity index (χ0) is 14.7. The van der Waals surface area contributed by atoms with E-state index in [0.717, 1.165) is 0 Å². The number of halogens is 1. The van der Waals surface area contributed by atoms with E-state index >= 15 is 0 Å². The summed E-state index contributed by atoms with van der Waals surface area (Å²) < 4.78 is 13.9. The Bertz CT molecular complexity index is 702. The summed E-state index contributed by atoms with van der Waals surface area (Å²) in [5, 5.41) is 11.2. The molecule has 0 aromatic heterocycles. The van der Waals surface area contributed by atoms with Crippen molar-refractivity contribution in [3.63, 3.8) is 0 Å². The summed E-state index contributed by atoms with van der Waals surface area (Å²) in [5.41, 5.74) is 7.11. The largest absolute Gasteiger partial charge is 0.399 e. The first-order valence-corrected chi connectivity index (χ1v) is 5.88. The van der Waals surface area contributed by atoms with E-state index in [1.165, 1.54) is 12.1 Å². The highest BCUT2D eigenvalue weighted by atomic mass is 19.1. The minimum absolute atomic E-state index is 0.105. The summed E-state index contributed by atoms with van der Waals surface area (Å²) in [6.45, 7) is 1.55. The Morgan fingerprint density at radius 3 is 2.55 bits per heavy atom. The Kier molecular flexibility index (Phi) is 3.67. The van der Waals surface area contributed by atoms with E-state index in [4.69, 9.17) is 11.0 Å². The molecule has 1 amide bonds. The number of carbonyl (C=O) groups excluding carboxylic acids is 1. The van der Waals surface area contributed by atoms with Crippen LogP contribution in [0.3, 0.4) is 0 Å². The van der Waals surface area contributed by atoms with Crippen molar-refractivity contribution in [3.05, 3.63) is 58.9 Å². The summed E-state index contributed by atoms with van der Waals surface area (Å²) in [7, 11) is 0. The lowest BCUT2D eigenvalue weighted by Gasteiger charge is -2.08. The van der Waals surface area contributed by atoms with Gasteiger partial charge in [-0.2, -0.15) is 5.26 Å². The summed E-state index contributed by atoms with van der Waals surface area (Å²) in [6, 6.07) is 11.0. The molecule has 2 rings (SSSR count). The molecule has 2 aromatic carbocycles. The standard InChI is InChI=1S/C15H12FN3O/c1-9-6-11(18)7-13(14(9)16)15(20)19-12-4-2-10(8-17)3-5-12/h2-7H,18H2,1H3,(H,19,20). The molecule has 0 saturated carbocycles. The minimum Gasteiger partial charge on any atom is -0.399 e. The molecule has 0 atom stereocenters. The molecular formula is C15H12FN3O. The van der Waals surface area contributed by atoms with Crippen LogP contribution in [0, 0.1) is 24.1 Å². The molecule has 0 unspecified atom stereocenters. The number of hydrogen-bond donors (Lipinski definition) is 2. The van der Waals surface area contributed by atoms with E-state index in [-0.39, 0.29) is 5.56 Å². The normalized spacial score (nSPS) is 9.85. The molecule has 5 heteroatoms. The highest BCUT2D eigenvalue weighted by molar-refractivity contribution is 6.05. The van der Waals surface area contributed by atoms with Crippen molar-refractivity contribution in [2.75, 3.05) is 11.1 Å². The van der Waals surface area contributed by atoms with E-state index in [0.29, 0.717) is 22.5 Å². The summed E-state index contributed by atoms with van der Waals surface area (Å²) in [4.78, 5) is 12.0. The van der Waals surface area contributed by atoms with E-state index in [2.05, 4.69) is 5.32 Å². The number of anilines is 2. The Hall–Kier alpha value is -2.87. The lowest BCUT2D eigenvalue weighted by Crippen LogP contribution is -2.15. The molecule has 0 heterocycles. The van der Waals surface area contributed by atoms with E-state index in [1.807, 2.05) is 6.07 Å². The van der Waals surface area contributed by atoms with Crippen LogP contribution in [-0.4, -0.2) is 5.91 Å². The molecule has 0 saturated heterocycles. The third-order valence-corrected chi connectivity index (χ3v) is 2.79. The van der Waals surface area contributed by atoms with Gasteiger partial charge in [-0.05, 0) is 48.9 Å². The molecule has 0 fully saturated rings. The first-order chi connectivity index (χ1) is 9.51. The number of aryl methyl sites for hydroxylation is 1. The third-order valence-electron chi connectivity index (χ3n) is 2.79. The van der Waals surface area contributed by atoms with Crippen LogP contribution in [0.15, 0.2) is 36.4 Å². The molecule has 0 radical (unpaired) electrons. The maximum Gasteiger partial charge on any atom is 0.258 e. The second-order valence-electron chi connectivity index (χ2n) is 4.34. The minimum atomic E-state index is -0.592. The van der Waals surface area contributed by atoms with Gasteiger partial charge >= 0.3 is 0 Å². The Morgan fingerprint density at radius 2 is 1.95 bits per heavy atom. The third kappa shape index (κ3) is 2.75. The maximum atomic E-state index is 13.9. The fraction of sp³-hybridized carbons (Fsp3) is 0.0667. The molecule has 3 N–H and O–H groups in total. The van der Waals surface area contributed by atoms with Gasteiger partial charge in [0.1, 0.15) is 5.82 Å². The number of benzene rings is 2. The number of amides is 1. The second kappa shape index (κ2) is 5.41. The Balaban J connectivity index is 2.26. The summed E-state index contributed by atoms with van der Waals surface area (Å²) in [6.07, 6.45) is 0. The zero-order valence-corrected chi connectivity index (χ0v) is 10.8. The second-order valence-corrected chi connectivity index (χ2v) is 4.34. The quantitative estimate of drug-likeness (QED) is 0.823. The monoisotopic (exact) mass is 269 g/mol. The smallest absolute Gasteiger partial charge is 0.258 e. The average molecular weight is 269 g/mol. The highest BCUT2D eigenvalue weighted by Gasteiger charge is 2.14. The zero-order valence-electron chi connectivity index (χ0n) is 10.8. The van der Waals surface area contributed by atoms with Crippen molar-refractivity contribution < 1.29 is 9.18 Å². The van der Waals surface area contributed by atoms with E-state index in [1.54, 1.807) is 31.2 Å². The number of rotatable bonds is 2. The van der Waals surface area contributed by atoms with Crippen LogP contribution >= 0.6 is 0 Å². The maximum absolute atomic E-state index is 13.9. The van der Waals surface area contributed by atoms with Gasteiger partial charge in [0.2, 0.25) is 0 Å². The molecule has 0 aliphatic carbocycles. The van der Waals surface area contributed by atoms with E-state index in [9.17, 15) is 9.18 Å². The Morgan fingerprint density at radius 1 is 1.30 bits per heavy atom. The molecule has 100 valence electrons. The van der Waals surface area contributed by atoms with Crippen LogP contribution in [0.5, 0.6) is 0 Å². The predicted molar refractivity (Wildman–Crippen MR) is 74.7 cm³/mol. The first kappa shape index (κ1) is 13.6. The number of hydrogen-bond acceptors (Lipinski definition) is 3. The molecule has 0 bridgehead atoms. The lowest BCUT2D eigenvalue weighted by atomic mass is 10.1. The van der Waals surface area contributed by atoms with Gasteiger partial charge in [0.05, 0.1) is 17.2 Å². The number of nitrogens with two attached hydrogens (primary N) is 1. The van der Waals surface area contributed by atoms with Crippen molar-refractivity contribution in [2.24, 2.45) is 0 Å². The number of nitrogens with one attached hydrogen (secondary N) is 1. The first-order valence-electron chi connectivity index (χ1n) is 5.88. The van der Waals surface area contributed by atoms with Gasteiger partial charge in [-0.15, -0.1) is 0 Å². The highest BCUT2D eigenvalue weighted by Crippen LogP contribution is 2.19. The topological polar surface area (TPSA) is 78.9 Å². The number of nitrogens with zero attached hydrogens (tertiary/aromatic N) is 1. The Labute approximate surface area is 115 Å². The van der Waals surface area contributed by atoms with Crippen molar-refractivity contribution >= 4 is 17.3 Å². The molecule has 2 aromatic rings. The molecule has 20 heavy (non-hydrogen) atoms. The van der Waals surface area contributed by atoms with Crippen LogP contribution in [-0.2, 0) is 0 Å². The average Bonchev–Trinajstić information content (AvgIpc) is 2.43. The molecule has 0 aliphatic rings. The predicted octanol–water partition coefficient (Wildman–Crippen LogP) is 2.84. The molecule has 0 spiro atoms. The van der Waals surface area contributed by atoms with Gasteiger partial charge in [-0.25, -0.2) is 4.39 Å². The van der Waals surface area contributed by atoms with Crippen molar-refractivity contribution in [3.8, 4) is 6.07 Å². The van der Waals surface area contributed by atoms with E-state index < -0.39 is 11.7 Å². The van der Waals surface area contributed by atoms with Gasteiger partial charge in [-0.3, -0.25) is 4.79 Å². The van der Waals surface area contributed by atoms with Crippen LogP contribution in [0.25, 0.3) is 0 Å². The van der Waals surface area contributed by atoms with Crippen LogP contribution in [0.2, 0.25) is 0 Å². The van der Waals surface area contributed by atoms with Crippen LogP contribution in [0.4, 0.5) is 15.8 Å². The summed E-state index contributed by atoms with van der Waals surface area (Å²) in [5.74, 6) is -1.17. The molecule has 4 nitrogen and oxygen atoms in total. The summed E-state index contributed by atoms with van der Waals surface area (Å²) >= 11 is 0. The molecular weight excluding hydrogens is 257 g/mol. The van der Waals surface area contributed by atoms with Gasteiger partial charge < -0.3 is 11.1 Å². The molecule has 0 aliphatic heterocycles. The number of nitrogen functional groups attached to an aromatic ring is 1. The lowest BCUT2D eigenvalue weighted by molar-refractivity contribution is 0.102. The van der Waals surface area contributed by atoms with Gasteiger partial charge in [-0.1, -0.05) is 0 Å². The van der Waals surface area contributed by atoms with Crippen molar-refractivity contribution in [1.29, 1.82) is 5.26 Å². The fourth-order valence-corrected chi connectivity index (χ4v) is 1.79.